The normalized spacial score (nSPS) is 42.9. The van der Waals surface area contributed by atoms with Gasteiger partial charge in [-0.15, -0.1) is 0 Å². The zero-order valence-corrected chi connectivity index (χ0v) is 13.1. The third-order valence-corrected chi connectivity index (χ3v) is 6.30. The van der Waals surface area contributed by atoms with E-state index in [1.807, 2.05) is 0 Å². The van der Waals surface area contributed by atoms with Crippen molar-refractivity contribution in [2.45, 2.75) is 84.2 Å². The van der Waals surface area contributed by atoms with Gasteiger partial charge in [0.1, 0.15) is 0 Å². The lowest BCUT2D eigenvalue weighted by molar-refractivity contribution is -0.199. The Morgan fingerprint density at radius 2 is 1.89 bits per heavy atom. The third-order valence-electron chi connectivity index (χ3n) is 6.30. The molecule has 2 bridgehead atoms. The van der Waals surface area contributed by atoms with Crippen molar-refractivity contribution in [3.63, 3.8) is 0 Å². The van der Waals surface area contributed by atoms with E-state index < -0.39 is 0 Å². The second-order valence-electron chi connectivity index (χ2n) is 7.75. The van der Waals surface area contributed by atoms with E-state index in [0.29, 0.717) is 17.4 Å². The lowest BCUT2D eigenvalue weighted by atomic mass is 9.43. The topological polar surface area (TPSA) is 18.5 Å². The van der Waals surface area contributed by atoms with Crippen molar-refractivity contribution < 1.29 is 9.31 Å². The van der Waals surface area contributed by atoms with Crippen LogP contribution >= 0.6 is 0 Å². The fourth-order valence-corrected chi connectivity index (χ4v) is 4.81. The first-order valence-corrected chi connectivity index (χ1v) is 8.31. The molecule has 19 heavy (non-hydrogen) atoms. The van der Waals surface area contributed by atoms with Gasteiger partial charge in [-0.3, -0.25) is 0 Å². The van der Waals surface area contributed by atoms with E-state index in [4.69, 9.17) is 9.31 Å². The van der Waals surface area contributed by atoms with Crippen molar-refractivity contribution in [1.29, 1.82) is 0 Å². The zero-order chi connectivity index (χ0) is 13.7. The molecule has 0 aromatic heterocycles. The average molecular weight is 264 g/mol. The molecule has 0 radical (unpaired) electrons. The van der Waals surface area contributed by atoms with Crippen LogP contribution in [0.3, 0.4) is 0 Å². The van der Waals surface area contributed by atoms with Crippen LogP contribution in [0, 0.1) is 17.3 Å². The summed E-state index contributed by atoms with van der Waals surface area (Å²) in [5.41, 5.74) is 0.458. The Hall–Kier alpha value is -0.0151. The number of unbranched alkanes of at least 4 members (excludes halogenated alkanes) is 3. The van der Waals surface area contributed by atoms with Crippen LogP contribution in [0.5, 0.6) is 0 Å². The van der Waals surface area contributed by atoms with Gasteiger partial charge in [0.25, 0.3) is 0 Å². The molecule has 1 aliphatic heterocycles. The summed E-state index contributed by atoms with van der Waals surface area (Å²) in [6, 6.07) is 0. The van der Waals surface area contributed by atoms with Crippen LogP contribution in [0.1, 0.15) is 66.2 Å². The molecular weight excluding hydrogens is 235 g/mol. The second-order valence-corrected chi connectivity index (χ2v) is 7.75. The van der Waals surface area contributed by atoms with Gasteiger partial charge < -0.3 is 9.31 Å². The van der Waals surface area contributed by atoms with Gasteiger partial charge in [-0.25, -0.2) is 0 Å². The molecule has 4 aliphatic rings. The summed E-state index contributed by atoms with van der Waals surface area (Å²) in [4.78, 5) is 0. The van der Waals surface area contributed by atoms with Gasteiger partial charge in [0.05, 0.1) is 11.7 Å². The molecular formula is C16H29BO2. The lowest BCUT2D eigenvalue weighted by Crippen LogP contribution is -2.65. The lowest BCUT2D eigenvalue weighted by Gasteiger charge is -2.64. The van der Waals surface area contributed by atoms with E-state index in [2.05, 4.69) is 27.7 Å². The largest absolute Gasteiger partial charge is 0.457 e. The Morgan fingerprint density at radius 3 is 2.58 bits per heavy atom. The minimum Gasteiger partial charge on any atom is -0.405 e. The average Bonchev–Trinajstić information content (AvgIpc) is 2.70. The van der Waals surface area contributed by atoms with Gasteiger partial charge in [-0.2, -0.15) is 0 Å². The number of hydrogen-bond acceptors (Lipinski definition) is 2. The van der Waals surface area contributed by atoms with Gasteiger partial charge in [0.2, 0.25) is 0 Å². The van der Waals surface area contributed by atoms with Gasteiger partial charge in [0, 0.05) is 0 Å². The highest BCUT2D eigenvalue weighted by Crippen LogP contribution is 2.65. The quantitative estimate of drug-likeness (QED) is 0.544. The summed E-state index contributed by atoms with van der Waals surface area (Å²) in [7, 11) is 0.0713. The first kappa shape index (κ1) is 13.9. The summed E-state index contributed by atoms with van der Waals surface area (Å²) in [6.45, 7) is 9.41. The number of rotatable bonds is 5. The van der Waals surface area contributed by atoms with E-state index in [0.717, 1.165) is 12.2 Å². The summed E-state index contributed by atoms with van der Waals surface area (Å²) >= 11 is 0. The van der Waals surface area contributed by atoms with Crippen LogP contribution in [-0.2, 0) is 9.31 Å². The van der Waals surface area contributed by atoms with Crippen molar-refractivity contribution in [1.82, 2.24) is 0 Å². The molecule has 3 saturated carbocycles. The molecule has 0 spiro atoms. The molecule has 0 N–H and O–H groups in total. The Morgan fingerprint density at radius 1 is 1.11 bits per heavy atom. The van der Waals surface area contributed by atoms with Crippen LogP contribution in [0.25, 0.3) is 0 Å². The second kappa shape index (κ2) is 4.77. The summed E-state index contributed by atoms with van der Waals surface area (Å²) in [5, 5.41) is 0. The van der Waals surface area contributed by atoms with E-state index in [9.17, 15) is 0 Å². The number of hydrogen-bond donors (Lipinski definition) is 0. The first-order valence-electron chi connectivity index (χ1n) is 8.31. The monoisotopic (exact) mass is 264 g/mol. The first-order chi connectivity index (χ1) is 8.98. The molecule has 0 aromatic carbocycles. The predicted octanol–water partition coefficient (Wildman–Crippen LogP) is 4.30. The Balaban J connectivity index is 1.58. The summed E-state index contributed by atoms with van der Waals surface area (Å²) in [6.07, 6.45) is 9.22. The molecule has 3 heteroatoms. The fraction of sp³-hybridized carbons (Fsp3) is 1.00. The van der Waals surface area contributed by atoms with Crippen molar-refractivity contribution >= 4 is 7.12 Å². The summed E-state index contributed by atoms with van der Waals surface area (Å²) < 4.78 is 12.6. The Bertz CT molecular complexity index is 344. The van der Waals surface area contributed by atoms with Gasteiger partial charge in [-0.1, -0.05) is 46.5 Å². The molecule has 0 aromatic rings. The highest BCUT2D eigenvalue weighted by atomic mass is 16.7. The highest BCUT2D eigenvalue weighted by Gasteiger charge is 2.67. The van der Waals surface area contributed by atoms with E-state index in [1.165, 1.54) is 38.5 Å². The molecule has 0 unspecified atom stereocenters. The van der Waals surface area contributed by atoms with Crippen molar-refractivity contribution in [3.05, 3.63) is 0 Å². The SMILES string of the molecule is CCCCCCB1O[C@@H]2C[C@@H]3C[C@@H](C3(C)C)[C@]2(C)O1. The van der Waals surface area contributed by atoms with Crippen LogP contribution in [0.2, 0.25) is 6.32 Å². The van der Waals surface area contributed by atoms with Crippen molar-refractivity contribution in [3.8, 4) is 0 Å². The minimum absolute atomic E-state index is 0.00628. The maximum atomic E-state index is 6.40. The van der Waals surface area contributed by atoms with Crippen molar-refractivity contribution in [2.75, 3.05) is 0 Å². The predicted molar refractivity (Wildman–Crippen MR) is 79.1 cm³/mol. The maximum absolute atomic E-state index is 6.40. The molecule has 2 nitrogen and oxygen atoms in total. The standard InChI is InChI=1S/C16H29BO2/c1-5-6-7-8-9-17-18-14-11-12-10-13(15(12,2)3)16(14,4)19-17/h12-14H,5-11H2,1-4H3/t12-,13-,14+,16-/m0/s1. The van der Waals surface area contributed by atoms with Crippen LogP contribution in [0.4, 0.5) is 0 Å². The molecule has 4 atom stereocenters. The molecule has 1 saturated heterocycles. The Kier molecular flexibility index (Phi) is 3.50. The highest BCUT2D eigenvalue weighted by molar-refractivity contribution is 6.45. The molecule has 0 amide bonds. The third kappa shape index (κ3) is 2.08. The summed E-state index contributed by atoms with van der Waals surface area (Å²) in [5.74, 6) is 1.56. The van der Waals surface area contributed by atoms with E-state index in [-0.39, 0.29) is 12.7 Å². The van der Waals surface area contributed by atoms with Gasteiger partial charge in [-0.05, 0) is 43.3 Å². The molecule has 108 valence electrons. The van der Waals surface area contributed by atoms with E-state index in [1.54, 1.807) is 0 Å². The van der Waals surface area contributed by atoms with E-state index >= 15 is 0 Å². The minimum atomic E-state index is -0.00628. The van der Waals surface area contributed by atoms with Gasteiger partial charge in [0.15, 0.2) is 0 Å². The zero-order valence-electron chi connectivity index (χ0n) is 13.1. The maximum Gasteiger partial charge on any atom is 0.457 e. The molecule has 3 aliphatic carbocycles. The Labute approximate surface area is 118 Å². The van der Waals surface area contributed by atoms with Crippen LogP contribution < -0.4 is 0 Å². The molecule has 4 rings (SSSR count). The van der Waals surface area contributed by atoms with Gasteiger partial charge >= 0.3 is 7.12 Å². The fourth-order valence-electron chi connectivity index (χ4n) is 4.81. The molecule has 1 heterocycles. The molecule has 4 fully saturated rings. The van der Waals surface area contributed by atoms with Crippen LogP contribution in [-0.4, -0.2) is 18.8 Å². The van der Waals surface area contributed by atoms with Crippen LogP contribution in [0.15, 0.2) is 0 Å². The smallest absolute Gasteiger partial charge is 0.405 e. The van der Waals surface area contributed by atoms with Crippen molar-refractivity contribution in [2.24, 2.45) is 17.3 Å².